The number of hydrogen-bond donors (Lipinski definition) is 2. The first-order valence-corrected chi connectivity index (χ1v) is 6.55. The summed E-state index contributed by atoms with van der Waals surface area (Å²) in [4.78, 5) is 17.3. The second-order valence-corrected chi connectivity index (χ2v) is 4.83. The number of H-pyrrole nitrogens is 1. The Morgan fingerprint density at radius 1 is 0.950 bits per heavy atom. The van der Waals surface area contributed by atoms with Gasteiger partial charge < -0.3 is 15.2 Å². The summed E-state index contributed by atoms with van der Waals surface area (Å²) in [5, 5.41) is 4.07. The van der Waals surface area contributed by atoms with Gasteiger partial charge in [0.2, 0.25) is 0 Å². The van der Waals surface area contributed by atoms with E-state index in [-0.39, 0.29) is 5.91 Å². The zero-order chi connectivity index (χ0) is 13.5. The fourth-order valence-electron chi connectivity index (χ4n) is 2.73. The average Bonchev–Trinajstić information content (AvgIpc) is 2.92. The van der Waals surface area contributed by atoms with Gasteiger partial charge in [0, 0.05) is 17.1 Å². The largest absolute Gasteiger partial charge is 0.359 e. The number of carbonyl (C=O) groups excluding carboxylic acids is 1. The van der Waals surface area contributed by atoms with Crippen LogP contribution in [0.2, 0.25) is 0 Å². The second-order valence-electron chi connectivity index (χ2n) is 4.83. The molecule has 20 heavy (non-hydrogen) atoms. The van der Waals surface area contributed by atoms with Crippen molar-refractivity contribution in [2.45, 2.75) is 0 Å². The molecule has 98 valence electrons. The minimum atomic E-state index is -0.0170. The molecule has 0 fully saturated rings. The number of nitrogens with zero attached hydrogens (tertiary/aromatic N) is 1. The molecule has 0 spiro atoms. The third-order valence-corrected chi connectivity index (χ3v) is 3.70. The van der Waals surface area contributed by atoms with Crippen molar-refractivity contribution in [1.82, 2.24) is 10.3 Å². The number of nitrogens with one attached hydrogen (secondary N) is 2. The summed E-state index contributed by atoms with van der Waals surface area (Å²) < 4.78 is 0. The number of carbonyl (C=O) groups is 1. The molecule has 2 aromatic carbocycles. The Bertz CT molecular complexity index is 806. The molecule has 1 aliphatic rings. The van der Waals surface area contributed by atoms with E-state index in [1.807, 2.05) is 48.7 Å². The van der Waals surface area contributed by atoms with Crippen molar-refractivity contribution < 1.29 is 4.79 Å². The Hall–Kier alpha value is -2.75. The van der Waals surface area contributed by atoms with Crippen molar-refractivity contribution in [1.29, 1.82) is 0 Å². The first kappa shape index (κ1) is 11.1. The van der Waals surface area contributed by atoms with Gasteiger partial charge in [0.25, 0.3) is 5.91 Å². The van der Waals surface area contributed by atoms with Gasteiger partial charge >= 0.3 is 0 Å². The minimum absolute atomic E-state index is 0.0170. The van der Waals surface area contributed by atoms with Crippen molar-refractivity contribution in [3.63, 3.8) is 0 Å². The van der Waals surface area contributed by atoms with E-state index in [1.54, 1.807) is 0 Å². The number of fused-ring (bicyclic) bond motifs is 2. The van der Waals surface area contributed by atoms with Gasteiger partial charge in [-0.2, -0.15) is 0 Å². The summed E-state index contributed by atoms with van der Waals surface area (Å²) >= 11 is 0. The van der Waals surface area contributed by atoms with Crippen LogP contribution in [0.4, 0.5) is 11.4 Å². The Morgan fingerprint density at radius 2 is 1.75 bits per heavy atom. The summed E-state index contributed by atoms with van der Waals surface area (Å²) in [7, 11) is 0. The maximum Gasteiger partial charge on any atom is 0.254 e. The summed E-state index contributed by atoms with van der Waals surface area (Å²) in [6, 6.07) is 15.8. The molecule has 0 saturated heterocycles. The van der Waals surface area contributed by atoms with Crippen LogP contribution in [0.5, 0.6) is 0 Å². The molecule has 0 radical (unpaired) electrons. The molecule has 0 saturated carbocycles. The van der Waals surface area contributed by atoms with E-state index in [2.05, 4.69) is 21.3 Å². The molecule has 4 rings (SSSR count). The SMILES string of the molecule is O=C1NCN(c2c[nH]c3ccccc23)c2ccccc21. The van der Waals surface area contributed by atoms with Crippen molar-refractivity contribution in [3.8, 4) is 0 Å². The van der Waals surface area contributed by atoms with E-state index in [1.165, 1.54) is 0 Å². The maximum absolute atomic E-state index is 11.9. The molecule has 3 aromatic rings. The zero-order valence-corrected chi connectivity index (χ0v) is 10.8. The van der Waals surface area contributed by atoms with Gasteiger partial charge in [-0.25, -0.2) is 0 Å². The molecule has 0 atom stereocenters. The van der Waals surface area contributed by atoms with E-state index in [9.17, 15) is 4.79 Å². The van der Waals surface area contributed by atoms with Crippen LogP contribution in [-0.2, 0) is 0 Å². The lowest BCUT2D eigenvalue weighted by atomic mass is 10.1. The van der Waals surface area contributed by atoms with Gasteiger partial charge in [-0.15, -0.1) is 0 Å². The van der Waals surface area contributed by atoms with Crippen LogP contribution in [-0.4, -0.2) is 17.6 Å². The topological polar surface area (TPSA) is 48.1 Å². The molecule has 1 aromatic heterocycles. The fraction of sp³-hybridized carbons (Fsp3) is 0.0625. The maximum atomic E-state index is 11.9. The van der Waals surface area contributed by atoms with Gasteiger partial charge in [-0.3, -0.25) is 4.79 Å². The number of aromatic nitrogens is 1. The summed E-state index contributed by atoms with van der Waals surface area (Å²) in [6.07, 6.45) is 1.99. The lowest BCUT2D eigenvalue weighted by Crippen LogP contribution is -2.40. The van der Waals surface area contributed by atoms with Crippen LogP contribution >= 0.6 is 0 Å². The van der Waals surface area contributed by atoms with Crippen molar-refractivity contribution >= 4 is 28.2 Å². The predicted molar refractivity (Wildman–Crippen MR) is 79.2 cm³/mol. The second kappa shape index (κ2) is 4.13. The van der Waals surface area contributed by atoms with E-state index < -0.39 is 0 Å². The Morgan fingerprint density at radius 3 is 2.70 bits per heavy atom. The zero-order valence-electron chi connectivity index (χ0n) is 10.8. The van der Waals surface area contributed by atoms with E-state index in [4.69, 9.17) is 0 Å². The first-order valence-electron chi connectivity index (χ1n) is 6.55. The number of rotatable bonds is 1. The molecule has 1 aliphatic heterocycles. The first-order chi connectivity index (χ1) is 9.84. The van der Waals surface area contributed by atoms with Crippen LogP contribution in [0, 0.1) is 0 Å². The number of hydrogen-bond acceptors (Lipinski definition) is 2. The number of para-hydroxylation sites is 2. The lowest BCUT2D eigenvalue weighted by molar-refractivity contribution is 0.0949. The number of amides is 1. The number of anilines is 2. The average molecular weight is 263 g/mol. The standard InChI is InChI=1S/C16H13N3O/c20-16-12-6-2-4-8-14(12)19(10-18-16)15-9-17-13-7-3-1-5-11(13)15/h1-9,17H,10H2,(H,18,20). The Balaban J connectivity index is 1.91. The Kier molecular flexibility index (Phi) is 2.29. The highest BCUT2D eigenvalue weighted by Gasteiger charge is 2.24. The Labute approximate surface area is 116 Å². The molecule has 0 aliphatic carbocycles. The molecule has 1 amide bonds. The quantitative estimate of drug-likeness (QED) is 0.709. The number of benzene rings is 2. The van der Waals surface area contributed by atoms with Crippen LogP contribution in [0.15, 0.2) is 54.7 Å². The van der Waals surface area contributed by atoms with Gasteiger partial charge in [0.05, 0.1) is 23.6 Å². The summed E-state index contributed by atoms with van der Waals surface area (Å²) in [6.45, 7) is 0.484. The van der Waals surface area contributed by atoms with Crippen LogP contribution in [0.3, 0.4) is 0 Å². The van der Waals surface area contributed by atoms with Crippen LogP contribution in [0.25, 0.3) is 10.9 Å². The van der Waals surface area contributed by atoms with Crippen LogP contribution < -0.4 is 10.2 Å². The van der Waals surface area contributed by atoms with E-state index in [0.29, 0.717) is 12.2 Å². The molecular formula is C16H13N3O. The molecule has 4 heteroatoms. The molecule has 4 nitrogen and oxygen atoms in total. The van der Waals surface area contributed by atoms with Crippen molar-refractivity contribution in [2.75, 3.05) is 11.6 Å². The highest BCUT2D eigenvalue weighted by Crippen LogP contribution is 2.35. The van der Waals surface area contributed by atoms with Crippen molar-refractivity contribution in [2.24, 2.45) is 0 Å². The summed E-state index contributed by atoms with van der Waals surface area (Å²) in [5.41, 5.74) is 3.83. The molecule has 2 N–H and O–H groups in total. The smallest absolute Gasteiger partial charge is 0.254 e. The molecule has 0 bridgehead atoms. The third-order valence-electron chi connectivity index (χ3n) is 3.70. The highest BCUT2D eigenvalue weighted by atomic mass is 16.2. The fourth-order valence-corrected chi connectivity index (χ4v) is 2.73. The number of aromatic amines is 1. The lowest BCUT2D eigenvalue weighted by Gasteiger charge is -2.30. The molecule has 0 unspecified atom stereocenters. The minimum Gasteiger partial charge on any atom is -0.359 e. The predicted octanol–water partition coefficient (Wildman–Crippen LogP) is 3.01. The molecule has 2 heterocycles. The van der Waals surface area contributed by atoms with Crippen molar-refractivity contribution in [3.05, 3.63) is 60.3 Å². The normalized spacial score (nSPS) is 14.2. The monoisotopic (exact) mass is 263 g/mol. The summed E-state index contributed by atoms with van der Waals surface area (Å²) in [5.74, 6) is -0.0170. The van der Waals surface area contributed by atoms with Gasteiger partial charge in [0.15, 0.2) is 0 Å². The highest BCUT2D eigenvalue weighted by molar-refractivity contribution is 6.05. The van der Waals surface area contributed by atoms with Gasteiger partial charge in [-0.1, -0.05) is 30.3 Å². The molecular weight excluding hydrogens is 250 g/mol. The van der Waals surface area contributed by atoms with E-state index in [0.717, 1.165) is 22.3 Å². The van der Waals surface area contributed by atoms with E-state index >= 15 is 0 Å². The van der Waals surface area contributed by atoms with Gasteiger partial charge in [0.1, 0.15) is 0 Å². The van der Waals surface area contributed by atoms with Gasteiger partial charge in [-0.05, 0) is 18.2 Å². The van der Waals surface area contributed by atoms with Crippen LogP contribution in [0.1, 0.15) is 10.4 Å². The third kappa shape index (κ3) is 1.51.